The maximum atomic E-state index is 13.0. The zero-order valence-corrected chi connectivity index (χ0v) is 14.9. The molecular weight excluding hydrogens is 361 g/mol. The second-order valence-corrected chi connectivity index (χ2v) is 6.08. The van der Waals surface area contributed by atoms with E-state index in [4.69, 9.17) is 9.26 Å². The van der Waals surface area contributed by atoms with Crippen LogP contribution >= 0.6 is 0 Å². The minimum absolute atomic E-state index is 0.0285. The molecule has 2 heterocycles. The molecule has 3 aromatic rings. The molecule has 2 aromatic heterocycles. The monoisotopic (exact) mass is 378 g/mol. The fraction of sp³-hybridized carbons (Fsp3) is 0.278. The van der Waals surface area contributed by atoms with E-state index in [0.29, 0.717) is 17.3 Å². The Bertz CT molecular complexity index is 907. The molecule has 0 bridgehead atoms. The number of pyridine rings is 1. The summed E-state index contributed by atoms with van der Waals surface area (Å²) in [7, 11) is 3.78. The zero-order valence-electron chi connectivity index (χ0n) is 14.9. The van der Waals surface area contributed by atoms with Crippen LogP contribution < -0.4 is 4.74 Å². The van der Waals surface area contributed by atoms with Gasteiger partial charge in [0, 0.05) is 17.8 Å². The Labute approximate surface area is 153 Å². The number of aromatic nitrogens is 3. The third-order valence-electron chi connectivity index (χ3n) is 3.98. The summed E-state index contributed by atoms with van der Waals surface area (Å²) in [6, 6.07) is 7.96. The average Bonchev–Trinajstić information content (AvgIpc) is 3.11. The molecule has 0 saturated carbocycles. The molecule has 0 aliphatic rings. The molecule has 6 nitrogen and oxygen atoms in total. The number of rotatable bonds is 5. The predicted molar refractivity (Wildman–Crippen MR) is 91.1 cm³/mol. The SMILES string of the molecule is C[C@@H](c1nc(-c2ccc(Oc3ccccc3C(F)(F)F)nc2)no1)N(C)C. The van der Waals surface area contributed by atoms with Gasteiger partial charge in [-0.15, -0.1) is 0 Å². The van der Waals surface area contributed by atoms with Gasteiger partial charge in [-0.3, -0.25) is 4.90 Å². The van der Waals surface area contributed by atoms with E-state index in [1.807, 2.05) is 25.9 Å². The molecule has 0 unspecified atom stereocenters. The normalized spacial score (nSPS) is 13.0. The lowest BCUT2D eigenvalue weighted by Gasteiger charge is -2.14. The van der Waals surface area contributed by atoms with E-state index in [0.717, 1.165) is 6.07 Å². The number of hydrogen-bond acceptors (Lipinski definition) is 6. The molecule has 0 amide bonds. The van der Waals surface area contributed by atoms with Crippen molar-refractivity contribution in [2.45, 2.75) is 19.1 Å². The fourth-order valence-corrected chi connectivity index (χ4v) is 2.22. The van der Waals surface area contributed by atoms with E-state index in [-0.39, 0.29) is 17.7 Å². The number of alkyl halides is 3. The first-order valence-electron chi connectivity index (χ1n) is 8.06. The van der Waals surface area contributed by atoms with Crippen LogP contribution in [-0.4, -0.2) is 34.1 Å². The van der Waals surface area contributed by atoms with Gasteiger partial charge in [-0.2, -0.15) is 18.2 Å². The summed E-state index contributed by atoms with van der Waals surface area (Å²) in [6.07, 6.45) is -3.10. The minimum atomic E-state index is -4.51. The minimum Gasteiger partial charge on any atom is -0.438 e. The molecule has 3 rings (SSSR count). The second kappa shape index (κ2) is 7.36. The van der Waals surface area contributed by atoms with Crippen molar-refractivity contribution in [1.29, 1.82) is 0 Å². The smallest absolute Gasteiger partial charge is 0.419 e. The van der Waals surface area contributed by atoms with Crippen LogP contribution in [0.15, 0.2) is 47.1 Å². The summed E-state index contributed by atoms with van der Waals surface area (Å²) in [4.78, 5) is 10.3. The Balaban J connectivity index is 1.79. The molecule has 0 aliphatic heterocycles. The zero-order chi connectivity index (χ0) is 19.6. The van der Waals surface area contributed by atoms with Crippen molar-refractivity contribution in [3.8, 4) is 23.0 Å². The average molecular weight is 378 g/mol. The Hall–Kier alpha value is -2.94. The summed E-state index contributed by atoms with van der Waals surface area (Å²) in [5, 5.41) is 3.91. The van der Waals surface area contributed by atoms with Crippen LogP contribution in [0.5, 0.6) is 11.6 Å². The highest BCUT2D eigenvalue weighted by Gasteiger charge is 2.34. The molecule has 0 radical (unpaired) electrons. The molecule has 1 atom stereocenters. The van der Waals surface area contributed by atoms with Gasteiger partial charge >= 0.3 is 6.18 Å². The summed E-state index contributed by atoms with van der Waals surface area (Å²) in [6.45, 7) is 1.92. The van der Waals surface area contributed by atoms with Crippen molar-refractivity contribution < 1.29 is 22.4 Å². The van der Waals surface area contributed by atoms with E-state index >= 15 is 0 Å². The van der Waals surface area contributed by atoms with Gasteiger partial charge in [0.05, 0.1) is 11.6 Å². The number of para-hydroxylation sites is 1. The first-order chi connectivity index (χ1) is 12.8. The third-order valence-corrected chi connectivity index (χ3v) is 3.98. The molecule has 0 saturated heterocycles. The highest BCUT2D eigenvalue weighted by Crippen LogP contribution is 2.37. The first kappa shape index (κ1) is 18.8. The van der Waals surface area contributed by atoms with E-state index in [9.17, 15) is 13.2 Å². The van der Waals surface area contributed by atoms with Gasteiger partial charge in [0.2, 0.25) is 17.6 Å². The van der Waals surface area contributed by atoms with E-state index in [2.05, 4.69) is 15.1 Å². The first-order valence-corrected chi connectivity index (χ1v) is 8.06. The van der Waals surface area contributed by atoms with Crippen LogP contribution in [0.1, 0.15) is 24.4 Å². The number of halogens is 3. The van der Waals surface area contributed by atoms with Gasteiger partial charge in [-0.05, 0) is 39.2 Å². The quantitative estimate of drug-likeness (QED) is 0.648. The lowest BCUT2D eigenvalue weighted by Crippen LogP contribution is -2.16. The van der Waals surface area contributed by atoms with Gasteiger partial charge in [0.15, 0.2) is 0 Å². The number of benzene rings is 1. The molecule has 1 aromatic carbocycles. The van der Waals surface area contributed by atoms with Crippen LogP contribution in [0.25, 0.3) is 11.4 Å². The molecule has 9 heteroatoms. The molecule has 0 fully saturated rings. The standard InChI is InChI=1S/C18H17F3N4O2/c1-11(25(2)3)17-23-16(24-27-17)12-8-9-15(22-10-12)26-14-7-5-4-6-13(14)18(19,20)21/h4-11H,1-3H3/t11-/m0/s1. The summed E-state index contributed by atoms with van der Waals surface area (Å²) in [5.41, 5.74) is -0.302. The number of hydrogen-bond donors (Lipinski definition) is 0. The Morgan fingerprint density at radius 1 is 1.11 bits per heavy atom. The van der Waals surface area contributed by atoms with Gasteiger partial charge in [0.25, 0.3) is 0 Å². The Kier molecular flexibility index (Phi) is 5.13. The van der Waals surface area contributed by atoms with Crippen molar-refractivity contribution in [3.63, 3.8) is 0 Å². The lowest BCUT2D eigenvalue weighted by molar-refractivity contribution is -0.138. The van der Waals surface area contributed by atoms with Crippen LogP contribution in [0.3, 0.4) is 0 Å². The Morgan fingerprint density at radius 2 is 1.85 bits per heavy atom. The highest BCUT2D eigenvalue weighted by atomic mass is 19.4. The largest absolute Gasteiger partial charge is 0.438 e. The van der Waals surface area contributed by atoms with Crippen LogP contribution in [-0.2, 0) is 6.18 Å². The fourth-order valence-electron chi connectivity index (χ4n) is 2.22. The van der Waals surface area contributed by atoms with Crippen LogP contribution in [0, 0.1) is 0 Å². The van der Waals surface area contributed by atoms with Gasteiger partial charge < -0.3 is 9.26 Å². The van der Waals surface area contributed by atoms with E-state index in [1.54, 1.807) is 6.07 Å². The predicted octanol–water partition coefficient (Wildman–Crippen LogP) is 4.57. The maximum Gasteiger partial charge on any atom is 0.419 e. The number of ether oxygens (including phenoxy) is 1. The maximum absolute atomic E-state index is 13.0. The molecule has 142 valence electrons. The topological polar surface area (TPSA) is 64.3 Å². The van der Waals surface area contributed by atoms with Crippen molar-refractivity contribution in [3.05, 3.63) is 54.0 Å². The van der Waals surface area contributed by atoms with Crippen molar-refractivity contribution in [2.75, 3.05) is 14.1 Å². The third kappa shape index (κ3) is 4.25. The van der Waals surface area contributed by atoms with Crippen molar-refractivity contribution in [2.24, 2.45) is 0 Å². The molecule has 27 heavy (non-hydrogen) atoms. The van der Waals surface area contributed by atoms with Gasteiger partial charge in [0.1, 0.15) is 5.75 Å². The summed E-state index contributed by atoms with van der Waals surface area (Å²) < 4.78 is 49.6. The van der Waals surface area contributed by atoms with Crippen molar-refractivity contribution >= 4 is 0 Å². The summed E-state index contributed by atoms with van der Waals surface area (Å²) >= 11 is 0. The lowest BCUT2D eigenvalue weighted by atomic mass is 10.2. The number of nitrogens with zero attached hydrogens (tertiary/aromatic N) is 4. The van der Waals surface area contributed by atoms with E-state index in [1.165, 1.54) is 30.5 Å². The Morgan fingerprint density at radius 3 is 2.48 bits per heavy atom. The second-order valence-electron chi connectivity index (χ2n) is 6.08. The summed E-state index contributed by atoms with van der Waals surface area (Å²) in [5.74, 6) is 0.510. The molecular formula is C18H17F3N4O2. The van der Waals surface area contributed by atoms with Crippen LogP contribution in [0.2, 0.25) is 0 Å². The van der Waals surface area contributed by atoms with E-state index < -0.39 is 11.7 Å². The van der Waals surface area contributed by atoms with Gasteiger partial charge in [-0.1, -0.05) is 17.3 Å². The molecule has 0 aliphatic carbocycles. The van der Waals surface area contributed by atoms with Crippen LogP contribution in [0.4, 0.5) is 13.2 Å². The van der Waals surface area contributed by atoms with Gasteiger partial charge in [-0.25, -0.2) is 4.98 Å². The van der Waals surface area contributed by atoms with Crippen molar-refractivity contribution in [1.82, 2.24) is 20.0 Å². The highest BCUT2D eigenvalue weighted by molar-refractivity contribution is 5.53. The molecule has 0 spiro atoms. The molecule has 0 N–H and O–H groups in total.